The molecule has 6 heteroatoms. The third kappa shape index (κ3) is 3.52. The average molecular weight is 337 g/mol. The fourth-order valence-electron chi connectivity index (χ4n) is 2.41. The standard InChI is InChI=1S/C19H19N3O3/c1-19(2,3)17(24)15-11-22-10-13(7-8-16(22)21-15)20-18(25)12-5-4-6-14(23)9-12/h4-11,23H,1-3H3,(H,20,25). The summed E-state index contributed by atoms with van der Waals surface area (Å²) >= 11 is 0. The number of phenolic OH excluding ortho intramolecular Hbond substituents is 1. The molecule has 2 heterocycles. The van der Waals surface area contributed by atoms with Gasteiger partial charge in [0, 0.05) is 23.4 Å². The molecule has 0 saturated heterocycles. The number of anilines is 1. The maximum atomic E-state index is 12.3. The Morgan fingerprint density at radius 2 is 1.88 bits per heavy atom. The van der Waals surface area contributed by atoms with Crippen molar-refractivity contribution in [3.8, 4) is 5.75 Å². The Labute approximate surface area is 145 Å². The highest BCUT2D eigenvalue weighted by molar-refractivity contribution is 6.04. The molecular weight excluding hydrogens is 318 g/mol. The van der Waals surface area contributed by atoms with Gasteiger partial charge in [-0.15, -0.1) is 0 Å². The number of imidazole rings is 1. The molecule has 0 aliphatic heterocycles. The summed E-state index contributed by atoms with van der Waals surface area (Å²) in [5.74, 6) is -0.342. The molecule has 0 fully saturated rings. The Kier molecular flexibility index (Phi) is 4.04. The van der Waals surface area contributed by atoms with E-state index in [2.05, 4.69) is 10.3 Å². The van der Waals surface area contributed by atoms with Crippen molar-refractivity contribution in [1.82, 2.24) is 9.38 Å². The van der Waals surface area contributed by atoms with E-state index in [0.717, 1.165) is 0 Å². The fourth-order valence-corrected chi connectivity index (χ4v) is 2.41. The Balaban J connectivity index is 1.86. The van der Waals surface area contributed by atoms with Crippen LogP contribution in [0.25, 0.3) is 5.65 Å². The largest absolute Gasteiger partial charge is 0.508 e. The number of pyridine rings is 1. The van der Waals surface area contributed by atoms with E-state index >= 15 is 0 Å². The molecule has 1 aromatic carbocycles. The number of rotatable bonds is 3. The van der Waals surface area contributed by atoms with E-state index < -0.39 is 5.41 Å². The topological polar surface area (TPSA) is 83.7 Å². The van der Waals surface area contributed by atoms with Gasteiger partial charge in [0.2, 0.25) is 0 Å². The molecule has 0 saturated carbocycles. The SMILES string of the molecule is CC(C)(C)C(=O)c1cn2cc(NC(=O)c3cccc(O)c3)ccc2n1. The van der Waals surface area contributed by atoms with Crippen LogP contribution >= 0.6 is 0 Å². The lowest BCUT2D eigenvalue weighted by atomic mass is 9.89. The van der Waals surface area contributed by atoms with Crippen LogP contribution in [0.15, 0.2) is 48.8 Å². The van der Waals surface area contributed by atoms with Crippen LogP contribution in [0.4, 0.5) is 5.69 Å². The number of hydrogen-bond acceptors (Lipinski definition) is 4. The second-order valence-electron chi connectivity index (χ2n) is 6.89. The monoisotopic (exact) mass is 337 g/mol. The average Bonchev–Trinajstić information content (AvgIpc) is 2.96. The highest BCUT2D eigenvalue weighted by Crippen LogP contribution is 2.21. The van der Waals surface area contributed by atoms with Crippen LogP contribution in [-0.2, 0) is 0 Å². The Hall–Kier alpha value is -3.15. The first-order valence-electron chi connectivity index (χ1n) is 7.88. The van der Waals surface area contributed by atoms with Gasteiger partial charge < -0.3 is 14.8 Å². The summed E-state index contributed by atoms with van der Waals surface area (Å²) in [5, 5.41) is 12.2. The number of fused-ring (bicyclic) bond motifs is 1. The van der Waals surface area contributed by atoms with Gasteiger partial charge in [-0.2, -0.15) is 0 Å². The van der Waals surface area contributed by atoms with Crippen molar-refractivity contribution in [3.05, 3.63) is 60.0 Å². The van der Waals surface area contributed by atoms with Crippen LogP contribution in [0.2, 0.25) is 0 Å². The van der Waals surface area contributed by atoms with Crippen LogP contribution in [0.1, 0.15) is 41.6 Å². The molecule has 0 unspecified atom stereocenters. The Bertz CT molecular complexity index is 967. The Morgan fingerprint density at radius 3 is 2.56 bits per heavy atom. The summed E-state index contributed by atoms with van der Waals surface area (Å²) in [7, 11) is 0. The van der Waals surface area contributed by atoms with Crippen LogP contribution in [0.5, 0.6) is 5.75 Å². The molecule has 128 valence electrons. The number of Topliss-reactive ketones (excluding diaryl/α,β-unsaturated/α-hetero) is 1. The normalized spacial score (nSPS) is 11.5. The van der Waals surface area contributed by atoms with E-state index in [0.29, 0.717) is 22.6 Å². The predicted molar refractivity (Wildman–Crippen MR) is 95.0 cm³/mol. The van der Waals surface area contributed by atoms with Gasteiger partial charge in [0.25, 0.3) is 5.91 Å². The van der Waals surface area contributed by atoms with Crippen LogP contribution in [0, 0.1) is 5.41 Å². The van der Waals surface area contributed by atoms with Crippen molar-refractivity contribution in [2.75, 3.05) is 5.32 Å². The quantitative estimate of drug-likeness (QED) is 0.716. The lowest BCUT2D eigenvalue weighted by Gasteiger charge is -2.13. The van der Waals surface area contributed by atoms with Gasteiger partial charge in [-0.25, -0.2) is 4.98 Å². The smallest absolute Gasteiger partial charge is 0.255 e. The number of amides is 1. The predicted octanol–water partition coefficient (Wildman–Crippen LogP) is 3.52. The summed E-state index contributed by atoms with van der Waals surface area (Å²) in [4.78, 5) is 28.9. The summed E-state index contributed by atoms with van der Waals surface area (Å²) in [6.45, 7) is 5.54. The molecule has 25 heavy (non-hydrogen) atoms. The van der Waals surface area contributed by atoms with E-state index in [-0.39, 0.29) is 17.4 Å². The molecule has 2 N–H and O–H groups in total. The van der Waals surface area contributed by atoms with Crippen LogP contribution < -0.4 is 5.32 Å². The summed E-state index contributed by atoms with van der Waals surface area (Å²) < 4.78 is 1.71. The lowest BCUT2D eigenvalue weighted by Crippen LogP contribution is -2.20. The number of aromatic hydroxyl groups is 1. The first-order chi connectivity index (χ1) is 11.7. The number of hydrogen-bond donors (Lipinski definition) is 2. The van der Waals surface area contributed by atoms with Gasteiger partial charge >= 0.3 is 0 Å². The zero-order valence-electron chi connectivity index (χ0n) is 14.3. The number of nitrogens with one attached hydrogen (secondary N) is 1. The number of carbonyl (C=O) groups is 2. The number of aromatic nitrogens is 2. The molecule has 0 aliphatic rings. The highest BCUT2D eigenvalue weighted by Gasteiger charge is 2.25. The van der Waals surface area contributed by atoms with Crippen LogP contribution in [-0.4, -0.2) is 26.2 Å². The second-order valence-corrected chi connectivity index (χ2v) is 6.89. The third-order valence-corrected chi connectivity index (χ3v) is 3.73. The molecule has 0 aliphatic carbocycles. The van der Waals surface area contributed by atoms with Gasteiger partial charge in [-0.3, -0.25) is 9.59 Å². The molecule has 0 atom stereocenters. The zero-order valence-corrected chi connectivity index (χ0v) is 14.3. The molecule has 3 rings (SSSR count). The number of carbonyl (C=O) groups excluding carboxylic acids is 2. The van der Waals surface area contributed by atoms with E-state index in [4.69, 9.17) is 0 Å². The van der Waals surface area contributed by atoms with E-state index in [1.807, 2.05) is 20.8 Å². The third-order valence-electron chi connectivity index (χ3n) is 3.73. The molecule has 2 aromatic heterocycles. The first kappa shape index (κ1) is 16.7. The minimum Gasteiger partial charge on any atom is -0.508 e. The number of ketones is 1. The van der Waals surface area contributed by atoms with E-state index in [1.54, 1.807) is 41.1 Å². The molecule has 6 nitrogen and oxygen atoms in total. The number of phenols is 1. The summed E-state index contributed by atoms with van der Waals surface area (Å²) in [6.07, 6.45) is 3.36. The maximum absolute atomic E-state index is 12.3. The van der Waals surface area contributed by atoms with Gasteiger partial charge in [-0.05, 0) is 30.3 Å². The van der Waals surface area contributed by atoms with E-state index in [9.17, 15) is 14.7 Å². The fraction of sp³-hybridized carbons (Fsp3) is 0.211. The summed E-state index contributed by atoms with van der Waals surface area (Å²) in [5.41, 5.74) is 1.43. The van der Waals surface area contributed by atoms with Crippen molar-refractivity contribution < 1.29 is 14.7 Å². The zero-order chi connectivity index (χ0) is 18.2. The molecule has 1 amide bonds. The maximum Gasteiger partial charge on any atom is 0.255 e. The molecule has 0 spiro atoms. The van der Waals surface area contributed by atoms with Crippen LogP contribution in [0.3, 0.4) is 0 Å². The molecule has 3 aromatic rings. The lowest BCUT2D eigenvalue weighted by molar-refractivity contribution is 0.0853. The molecule has 0 radical (unpaired) electrons. The van der Waals surface area contributed by atoms with Crippen molar-refractivity contribution in [2.24, 2.45) is 5.41 Å². The van der Waals surface area contributed by atoms with Gasteiger partial charge in [-0.1, -0.05) is 26.8 Å². The van der Waals surface area contributed by atoms with Crippen molar-refractivity contribution >= 4 is 23.0 Å². The number of nitrogens with zero attached hydrogens (tertiary/aromatic N) is 2. The molecule has 0 bridgehead atoms. The van der Waals surface area contributed by atoms with Gasteiger partial charge in [0.05, 0.1) is 5.69 Å². The minimum absolute atomic E-state index is 0.0306. The Morgan fingerprint density at radius 1 is 1.12 bits per heavy atom. The highest BCUT2D eigenvalue weighted by atomic mass is 16.3. The van der Waals surface area contributed by atoms with Crippen molar-refractivity contribution in [3.63, 3.8) is 0 Å². The van der Waals surface area contributed by atoms with E-state index in [1.165, 1.54) is 12.1 Å². The summed E-state index contributed by atoms with van der Waals surface area (Å²) in [6, 6.07) is 9.57. The van der Waals surface area contributed by atoms with Gasteiger partial charge in [0.1, 0.15) is 17.1 Å². The van der Waals surface area contributed by atoms with Crippen molar-refractivity contribution in [1.29, 1.82) is 0 Å². The number of benzene rings is 1. The second kappa shape index (κ2) is 6.05. The van der Waals surface area contributed by atoms with Gasteiger partial charge in [0.15, 0.2) is 5.78 Å². The van der Waals surface area contributed by atoms with Crippen molar-refractivity contribution in [2.45, 2.75) is 20.8 Å². The first-order valence-corrected chi connectivity index (χ1v) is 7.88. The molecular formula is C19H19N3O3. The minimum atomic E-state index is -0.510.